The van der Waals surface area contributed by atoms with Gasteiger partial charge >= 0.3 is 0 Å². The number of H-pyrrole nitrogens is 1. The Balaban J connectivity index is 2.46. The van der Waals surface area contributed by atoms with E-state index in [-0.39, 0.29) is 6.04 Å². The Labute approximate surface area is 76.9 Å². The Kier molecular flexibility index (Phi) is 2.02. The van der Waals surface area contributed by atoms with Crippen LogP contribution in [0.25, 0.3) is 10.9 Å². The molecule has 0 aliphatic heterocycles. The average Bonchev–Trinajstić information content (AvgIpc) is 2.48. The van der Waals surface area contributed by atoms with Crippen LogP contribution in [0.1, 0.15) is 12.6 Å². The molecule has 0 aliphatic carbocycles. The number of nitrogens with zero attached hydrogens (tertiary/aromatic N) is 1. The zero-order valence-electron chi connectivity index (χ0n) is 7.62. The fourth-order valence-corrected chi connectivity index (χ4v) is 1.49. The van der Waals surface area contributed by atoms with Crippen LogP contribution in [0.5, 0.6) is 0 Å². The van der Waals surface area contributed by atoms with E-state index in [1.54, 1.807) is 0 Å². The van der Waals surface area contributed by atoms with Gasteiger partial charge in [-0.15, -0.1) is 0 Å². The summed E-state index contributed by atoms with van der Waals surface area (Å²) in [5.74, 6) is 0. The number of aromatic amines is 1. The number of para-hydroxylation sites is 1. The third-order valence-electron chi connectivity index (χ3n) is 2.07. The van der Waals surface area contributed by atoms with Crippen molar-refractivity contribution >= 4 is 10.9 Å². The largest absolute Gasteiger partial charge is 0.328 e. The number of fused-ring (bicyclic) bond motifs is 1. The molecular weight excluding hydrogens is 162 g/mol. The molecule has 0 bridgehead atoms. The maximum Gasteiger partial charge on any atom is 0.0923 e. The van der Waals surface area contributed by atoms with Crippen molar-refractivity contribution in [1.29, 1.82) is 0 Å². The van der Waals surface area contributed by atoms with Crippen LogP contribution in [0.3, 0.4) is 0 Å². The van der Waals surface area contributed by atoms with Gasteiger partial charge in [-0.1, -0.05) is 18.2 Å². The maximum atomic E-state index is 5.73. The van der Waals surface area contributed by atoms with Gasteiger partial charge in [0.15, 0.2) is 0 Å². The molecule has 68 valence electrons. The minimum atomic E-state index is 0.170. The minimum Gasteiger partial charge on any atom is -0.328 e. The fraction of sp³-hybridized carbons (Fsp3) is 0.300. The standard InChI is InChI=1S/C10H13N3/c1-7(11)6-10-8-4-2-3-5-9(8)12-13-10/h2-5,7H,6,11H2,1H3,(H,12,13)/t7-/m1/s1. The molecule has 3 N–H and O–H groups in total. The first-order chi connectivity index (χ1) is 6.27. The van der Waals surface area contributed by atoms with Gasteiger partial charge in [-0.2, -0.15) is 5.10 Å². The highest BCUT2D eigenvalue weighted by atomic mass is 15.1. The molecule has 0 radical (unpaired) electrons. The Hall–Kier alpha value is -1.35. The van der Waals surface area contributed by atoms with E-state index in [0.29, 0.717) is 0 Å². The molecule has 13 heavy (non-hydrogen) atoms. The van der Waals surface area contributed by atoms with E-state index in [1.165, 1.54) is 5.39 Å². The van der Waals surface area contributed by atoms with Crippen molar-refractivity contribution in [2.45, 2.75) is 19.4 Å². The van der Waals surface area contributed by atoms with Gasteiger partial charge in [-0.05, 0) is 13.0 Å². The molecule has 1 aromatic carbocycles. The first kappa shape index (κ1) is 8.26. The third-order valence-corrected chi connectivity index (χ3v) is 2.07. The van der Waals surface area contributed by atoms with Crippen LogP contribution >= 0.6 is 0 Å². The van der Waals surface area contributed by atoms with E-state index in [4.69, 9.17) is 5.73 Å². The Morgan fingerprint density at radius 2 is 2.23 bits per heavy atom. The van der Waals surface area contributed by atoms with Crippen LogP contribution in [0, 0.1) is 0 Å². The summed E-state index contributed by atoms with van der Waals surface area (Å²) < 4.78 is 0. The summed E-state index contributed by atoms with van der Waals surface area (Å²) in [6, 6.07) is 8.23. The predicted molar refractivity (Wildman–Crippen MR) is 53.4 cm³/mol. The molecule has 1 heterocycles. The van der Waals surface area contributed by atoms with Crippen LogP contribution < -0.4 is 5.73 Å². The van der Waals surface area contributed by atoms with E-state index in [1.807, 2.05) is 25.1 Å². The molecule has 0 aliphatic rings. The normalized spacial score (nSPS) is 13.4. The number of benzene rings is 1. The molecule has 0 saturated heterocycles. The number of hydrogen-bond acceptors (Lipinski definition) is 2. The highest BCUT2D eigenvalue weighted by Crippen LogP contribution is 2.15. The molecule has 2 aromatic rings. The van der Waals surface area contributed by atoms with Gasteiger partial charge in [0.05, 0.1) is 5.52 Å². The highest BCUT2D eigenvalue weighted by molar-refractivity contribution is 5.81. The van der Waals surface area contributed by atoms with E-state index < -0.39 is 0 Å². The number of aromatic nitrogens is 2. The molecule has 0 fully saturated rings. The Bertz CT molecular complexity index is 403. The van der Waals surface area contributed by atoms with Crippen LogP contribution in [0.2, 0.25) is 0 Å². The number of nitrogens with one attached hydrogen (secondary N) is 1. The summed E-state index contributed by atoms with van der Waals surface area (Å²) in [6.45, 7) is 2.00. The lowest BCUT2D eigenvalue weighted by Gasteiger charge is -2.01. The summed E-state index contributed by atoms with van der Waals surface area (Å²) in [5.41, 5.74) is 7.87. The highest BCUT2D eigenvalue weighted by Gasteiger charge is 2.05. The van der Waals surface area contributed by atoms with Gasteiger partial charge in [0.1, 0.15) is 0 Å². The molecule has 0 saturated carbocycles. The van der Waals surface area contributed by atoms with Crippen molar-refractivity contribution < 1.29 is 0 Å². The topological polar surface area (TPSA) is 54.7 Å². The molecule has 0 unspecified atom stereocenters. The van der Waals surface area contributed by atoms with Crippen molar-refractivity contribution in [2.24, 2.45) is 5.73 Å². The molecule has 0 spiro atoms. The third kappa shape index (κ3) is 1.55. The van der Waals surface area contributed by atoms with Gasteiger partial charge in [0, 0.05) is 23.5 Å². The van der Waals surface area contributed by atoms with Crippen molar-refractivity contribution in [2.75, 3.05) is 0 Å². The van der Waals surface area contributed by atoms with Crippen LogP contribution in [-0.2, 0) is 6.42 Å². The summed E-state index contributed by atoms with van der Waals surface area (Å²) >= 11 is 0. The maximum absolute atomic E-state index is 5.73. The van der Waals surface area contributed by atoms with Crippen LogP contribution in [0.4, 0.5) is 0 Å². The summed E-state index contributed by atoms with van der Waals surface area (Å²) in [7, 11) is 0. The second kappa shape index (κ2) is 3.18. The van der Waals surface area contributed by atoms with Gasteiger partial charge in [-0.25, -0.2) is 0 Å². The molecule has 0 amide bonds. The first-order valence-corrected chi connectivity index (χ1v) is 4.45. The molecular formula is C10H13N3. The van der Waals surface area contributed by atoms with Crippen LogP contribution in [0.15, 0.2) is 24.3 Å². The van der Waals surface area contributed by atoms with Crippen molar-refractivity contribution in [3.63, 3.8) is 0 Å². The molecule has 2 rings (SSSR count). The molecule has 3 nitrogen and oxygen atoms in total. The van der Waals surface area contributed by atoms with E-state index in [9.17, 15) is 0 Å². The van der Waals surface area contributed by atoms with Gasteiger partial charge in [0.25, 0.3) is 0 Å². The SMILES string of the molecule is C[C@@H](N)Cc1[nH]nc2ccccc12. The summed E-state index contributed by atoms with van der Waals surface area (Å²) in [6.07, 6.45) is 0.848. The predicted octanol–water partition coefficient (Wildman–Crippen LogP) is 1.45. The molecule has 3 heteroatoms. The second-order valence-electron chi connectivity index (χ2n) is 3.40. The lowest BCUT2D eigenvalue weighted by atomic mass is 10.1. The smallest absolute Gasteiger partial charge is 0.0923 e. The first-order valence-electron chi connectivity index (χ1n) is 4.45. The van der Waals surface area contributed by atoms with E-state index >= 15 is 0 Å². The monoisotopic (exact) mass is 175 g/mol. The van der Waals surface area contributed by atoms with E-state index in [2.05, 4.69) is 16.3 Å². The fourth-order valence-electron chi connectivity index (χ4n) is 1.49. The lowest BCUT2D eigenvalue weighted by molar-refractivity contribution is 0.722. The Morgan fingerprint density at radius 3 is 3.00 bits per heavy atom. The minimum absolute atomic E-state index is 0.170. The Morgan fingerprint density at radius 1 is 1.46 bits per heavy atom. The van der Waals surface area contributed by atoms with Crippen LogP contribution in [-0.4, -0.2) is 16.2 Å². The van der Waals surface area contributed by atoms with Crippen molar-refractivity contribution in [3.05, 3.63) is 30.0 Å². The van der Waals surface area contributed by atoms with Gasteiger partial charge in [0.2, 0.25) is 0 Å². The quantitative estimate of drug-likeness (QED) is 0.725. The van der Waals surface area contributed by atoms with E-state index in [0.717, 1.165) is 17.6 Å². The summed E-state index contributed by atoms with van der Waals surface area (Å²) in [5, 5.41) is 8.39. The second-order valence-corrected chi connectivity index (χ2v) is 3.40. The van der Waals surface area contributed by atoms with Crippen molar-refractivity contribution in [3.8, 4) is 0 Å². The van der Waals surface area contributed by atoms with Gasteiger partial charge in [-0.3, -0.25) is 5.10 Å². The number of nitrogens with two attached hydrogens (primary N) is 1. The lowest BCUT2D eigenvalue weighted by Crippen LogP contribution is -2.18. The van der Waals surface area contributed by atoms with Gasteiger partial charge < -0.3 is 5.73 Å². The molecule has 1 aromatic heterocycles. The molecule has 1 atom stereocenters. The summed E-state index contributed by atoms with van der Waals surface area (Å²) in [4.78, 5) is 0. The average molecular weight is 175 g/mol. The van der Waals surface area contributed by atoms with Crippen molar-refractivity contribution in [1.82, 2.24) is 10.2 Å². The number of rotatable bonds is 2. The zero-order valence-corrected chi connectivity index (χ0v) is 7.62. The number of hydrogen-bond donors (Lipinski definition) is 2. The zero-order chi connectivity index (χ0) is 9.26.